The summed E-state index contributed by atoms with van der Waals surface area (Å²) in [6, 6.07) is 13.3. The Morgan fingerprint density at radius 2 is 1.68 bits per heavy atom. The zero-order valence-corrected chi connectivity index (χ0v) is 18.8. The van der Waals surface area contributed by atoms with Crippen LogP contribution in [0.3, 0.4) is 0 Å². The maximum Gasteiger partial charge on any atom is 0.416 e. The first-order valence-electron chi connectivity index (χ1n) is 10.0. The first-order chi connectivity index (χ1) is 14.6. The number of hydrogen-bond donors (Lipinski definition) is 0. The quantitative estimate of drug-likeness (QED) is 0.387. The number of nitrogens with zero attached hydrogens (tertiary/aromatic N) is 3. The van der Waals surface area contributed by atoms with Crippen LogP contribution in [0.2, 0.25) is 0 Å². The molecule has 0 saturated heterocycles. The van der Waals surface area contributed by atoms with E-state index >= 15 is 0 Å². The van der Waals surface area contributed by atoms with Crippen LogP contribution in [0.5, 0.6) is 5.75 Å². The van der Waals surface area contributed by atoms with E-state index in [1.165, 1.54) is 29.5 Å². The molecule has 31 heavy (non-hydrogen) atoms. The van der Waals surface area contributed by atoms with Crippen LogP contribution >= 0.6 is 11.8 Å². The van der Waals surface area contributed by atoms with Gasteiger partial charge in [-0.15, -0.1) is 10.2 Å². The van der Waals surface area contributed by atoms with E-state index in [0.717, 1.165) is 11.8 Å². The van der Waals surface area contributed by atoms with Crippen molar-refractivity contribution in [2.24, 2.45) is 0 Å². The first-order valence-corrected chi connectivity index (χ1v) is 11.0. The van der Waals surface area contributed by atoms with E-state index < -0.39 is 11.7 Å². The monoisotopic (exact) mass is 449 g/mol. The average Bonchev–Trinajstić information content (AvgIpc) is 3.12. The summed E-state index contributed by atoms with van der Waals surface area (Å²) >= 11 is 1.36. The summed E-state index contributed by atoms with van der Waals surface area (Å²) in [5.74, 6) is 1.79. The van der Waals surface area contributed by atoms with Crippen molar-refractivity contribution in [2.45, 2.75) is 63.3 Å². The van der Waals surface area contributed by atoms with Crippen LogP contribution < -0.4 is 4.74 Å². The van der Waals surface area contributed by atoms with Gasteiger partial charge in [0.25, 0.3) is 0 Å². The zero-order chi connectivity index (χ0) is 22.6. The summed E-state index contributed by atoms with van der Waals surface area (Å²) < 4.78 is 46.5. The molecule has 0 atom stereocenters. The Morgan fingerprint density at radius 3 is 2.29 bits per heavy atom. The summed E-state index contributed by atoms with van der Waals surface area (Å²) in [5, 5.41) is 9.07. The van der Waals surface area contributed by atoms with Gasteiger partial charge in [0, 0.05) is 12.3 Å². The molecule has 2 aromatic carbocycles. The number of aromatic nitrogens is 3. The maximum atomic E-state index is 12.9. The molecule has 0 saturated carbocycles. The Hall–Kier alpha value is -2.48. The Labute approximate surface area is 184 Å². The van der Waals surface area contributed by atoms with Gasteiger partial charge in [-0.2, -0.15) is 13.2 Å². The van der Waals surface area contributed by atoms with E-state index in [1.54, 1.807) is 6.07 Å². The van der Waals surface area contributed by atoms with Gasteiger partial charge in [0.05, 0.1) is 5.56 Å². The van der Waals surface area contributed by atoms with Gasteiger partial charge < -0.3 is 9.30 Å². The van der Waals surface area contributed by atoms with Gasteiger partial charge in [-0.1, -0.05) is 62.9 Å². The van der Waals surface area contributed by atoms with Crippen LogP contribution in [0.25, 0.3) is 0 Å². The molecule has 1 aromatic heterocycles. The zero-order valence-electron chi connectivity index (χ0n) is 18.0. The molecule has 0 aliphatic carbocycles. The Bertz CT molecular complexity index is 1010. The predicted molar refractivity (Wildman–Crippen MR) is 116 cm³/mol. The molecular weight excluding hydrogens is 423 g/mol. The fourth-order valence-corrected chi connectivity index (χ4v) is 4.00. The van der Waals surface area contributed by atoms with Gasteiger partial charge in [-0.3, -0.25) is 0 Å². The SMILES string of the molecule is CCn1c(COc2ccc(C(C)(C)C)cc2)nnc1SCc1cccc(C(F)(F)F)c1. The van der Waals surface area contributed by atoms with Crippen LogP contribution in [0.15, 0.2) is 53.7 Å². The fourth-order valence-electron chi connectivity index (χ4n) is 3.03. The lowest BCUT2D eigenvalue weighted by atomic mass is 9.87. The smallest absolute Gasteiger partial charge is 0.416 e. The molecule has 3 aromatic rings. The van der Waals surface area contributed by atoms with Gasteiger partial charge >= 0.3 is 6.18 Å². The molecule has 0 radical (unpaired) electrons. The van der Waals surface area contributed by atoms with E-state index in [2.05, 4.69) is 43.1 Å². The van der Waals surface area contributed by atoms with Crippen LogP contribution in [0.4, 0.5) is 13.2 Å². The minimum atomic E-state index is -4.35. The lowest BCUT2D eigenvalue weighted by molar-refractivity contribution is -0.137. The number of halogens is 3. The van der Waals surface area contributed by atoms with Crippen LogP contribution in [-0.4, -0.2) is 14.8 Å². The summed E-state index contributed by atoms with van der Waals surface area (Å²) in [4.78, 5) is 0. The second kappa shape index (κ2) is 9.34. The third-order valence-corrected chi connectivity index (χ3v) is 5.86. The molecule has 0 fully saturated rings. The van der Waals surface area contributed by atoms with E-state index in [-0.39, 0.29) is 12.0 Å². The molecule has 4 nitrogen and oxygen atoms in total. The van der Waals surface area contributed by atoms with Gasteiger partial charge in [0.15, 0.2) is 11.0 Å². The highest BCUT2D eigenvalue weighted by molar-refractivity contribution is 7.98. The second-order valence-electron chi connectivity index (χ2n) is 8.19. The molecule has 0 unspecified atom stereocenters. The maximum absolute atomic E-state index is 12.9. The van der Waals surface area contributed by atoms with Crippen LogP contribution in [0.1, 0.15) is 50.2 Å². The molecule has 0 aliphatic rings. The number of ether oxygens (including phenoxy) is 1. The highest BCUT2D eigenvalue weighted by Crippen LogP contribution is 2.31. The number of rotatable bonds is 7. The van der Waals surface area contributed by atoms with Gasteiger partial charge in [-0.05, 0) is 41.7 Å². The normalized spacial score (nSPS) is 12.2. The summed E-state index contributed by atoms with van der Waals surface area (Å²) in [6.07, 6.45) is -4.35. The largest absolute Gasteiger partial charge is 0.486 e. The highest BCUT2D eigenvalue weighted by atomic mass is 32.2. The van der Waals surface area contributed by atoms with Crippen LogP contribution in [0, 0.1) is 0 Å². The van der Waals surface area contributed by atoms with Crippen molar-refractivity contribution in [3.05, 3.63) is 71.0 Å². The third-order valence-electron chi connectivity index (χ3n) is 4.82. The third kappa shape index (κ3) is 6.03. The summed E-state index contributed by atoms with van der Waals surface area (Å²) in [7, 11) is 0. The topological polar surface area (TPSA) is 39.9 Å². The van der Waals surface area contributed by atoms with E-state index in [9.17, 15) is 13.2 Å². The van der Waals surface area contributed by atoms with E-state index in [1.807, 2.05) is 23.6 Å². The van der Waals surface area contributed by atoms with Crippen molar-refractivity contribution in [1.29, 1.82) is 0 Å². The Morgan fingerprint density at radius 1 is 0.968 bits per heavy atom. The number of alkyl halides is 3. The van der Waals surface area contributed by atoms with E-state index in [0.29, 0.717) is 28.8 Å². The van der Waals surface area contributed by atoms with Crippen molar-refractivity contribution in [2.75, 3.05) is 0 Å². The molecule has 3 rings (SSSR count). The van der Waals surface area contributed by atoms with Crippen molar-refractivity contribution in [1.82, 2.24) is 14.8 Å². The Balaban J connectivity index is 1.64. The second-order valence-corrected chi connectivity index (χ2v) is 9.14. The van der Waals surface area contributed by atoms with Crippen molar-refractivity contribution in [3.63, 3.8) is 0 Å². The average molecular weight is 450 g/mol. The molecular formula is C23H26F3N3OS. The minimum Gasteiger partial charge on any atom is -0.486 e. The van der Waals surface area contributed by atoms with Gasteiger partial charge in [0.2, 0.25) is 0 Å². The molecule has 166 valence electrons. The Kier molecular flexibility index (Phi) is 6.99. The first kappa shape index (κ1) is 23.2. The standard InChI is InChI=1S/C23H26F3N3OS/c1-5-29-20(14-30-19-11-9-17(10-12-19)22(2,3)4)27-28-21(29)31-15-16-7-6-8-18(13-16)23(24,25)26/h6-13H,5,14-15H2,1-4H3. The van der Waals surface area contributed by atoms with E-state index in [4.69, 9.17) is 4.74 Å². The lowest BCUT2D eigenvalue weighted by Gasteiger charge is -2.19. The van der Waals surface area contributed by atoms with Crippen LogP contribution in [-0.2, 0) is 30.5 Å². The van der Waals surface area contributed by atoms with Crippen molar-refractivity contribution >= 4 is 11.8 Å². The molecule has 0 aliphatic heterocycles. The van der Waals surface area contributed by atoms with Crippen molar-refractivity contribution < 1.29 is 17.9 Å². The summed E-state index contributed by atoms with van der Waals surface area (Å²) in [6.45, 7) is 9.35. The molecule has 0 bridgehead atoms. The molecule has 1 heterocycles. The molecule has 0 spiro atoms. The van der Waals surface area contributed by atoms with Crippen molar-refractivity contribution in [3.8, 4) is 5.75 Å². The number of thioether (sulfide) groups is 1. The fraction of sp³-hybridized carbons (Fsp3) is 0.391. The number of hydrogen-bond acceptors (Lipinski definition) is 4. The minimum absolute atomic E-state index is 0.0760. The number of benzene rings is 2. The van der Waals surface area contributed by atoms with Gasteiger partial charge in [-0.25, -0.2) is 0 Å². The summed E-state index contributed by atoms with van der Waals surface area (Å²) in [5.41, 5.74) is 1.24. The lowest BCUT2D eigenvalue weighted by Crippen LogP contribution is -2.11. The molecule has 0 N–H and O–H groups in total. The molecule has 0 amide bonds. The predicted octanol–water partition coefficient (Wildman–Crippen LogP) is 6.49. The highest BCUT2D eigenvalue weighted by Gasteiger charge is 2.30. The van der Waals surface area contributed by atoms with Gasteiger partial charge in [0.1, 0.15) is 12.4 Å². The molecule has 8 heteroatoms.